The second-order valence-corrected chi connectivity index (χ2v) is 6.31. The van der Waals surface area contributed by atoms with E-state index in [1.54, 1.807) is 17.0 Å². The van der Waals surface area contributed by atoms with Crippen LogP contribution in [0, 0.1) is 11.7 Å². The second kappa shape index (κ2) is 7.27. The normalized spacial score (nSPS) is 25.0. The van der Waals surface area contributed by atoms with E-state index in [1.807, 2.05) is 4.90 Å². The number of benzene rings is 1. The molecule has 2 atom stereocenters. The number of morpholine rings is 1. The van der Waals surface area contributed by atoms with Crippen LogP contribution in [-0.2, 0) is 14.3 Å². The number of hydrogen-bond donors (Lipinski definition) is 1. The van der Waals surface area contributed by atoms with Crippen molar-refractivity contribution in [3.05, 3.63) is 35.6 Å². The third kappa shape index (κ3) is 3.91. The van der Waals surface area contributed by atoms with Gasteiger partial charge in [0.2, 0.25) is 5.91 Å². The molecule has 0 aromatic heterocycles. The highest BCUT2D eigenvalue weighted by atomic mass is 19.1. The van der Waals surface area contributed by atoms with E-state index >= 15 is 0 Å². The number of halogens is 1. The highest BCUT2D eigenvalue weighted by Gasteiger charge is 2.31. The van der Waals surface area contributed by atoms with Crippen molar-refractivity contribution in [2.75, 3.05) is 39.3 Å². The molecule has 2 heterocycles. The Balaban J connectivity index is 1.55. The smallest absolute Gasteiger partial charge is 0.307 e. The number of hydrogen-bond acceptors (Lipinski definition) is 4. The van der Waals surface area contributed by atoms with E-state index in [1.165, 1.54) is 12.1 Å². The average molecular weight is 336 g/mol. The number of carbonyl (C=O) groups is 2. The molecule has 2 unspecified atom stereocenters. The molecule has 2 fully saturated rings. The monoisotopic (exact) mass is 336 g/mol. The maximum absolute atomic E-state index is 13.0. The first-order valence-electron chi connectivity index (χ1n) is 8.13. The summed E-state index contributed by atoms with van der Waals surface area (Å²) in [6, 6.07) is 6.11. The minimum atomic E-state index is -0.798. The third-order valence-electron chi connectivity index (χ3n) is 4.64. The number of ether oxygens (including phenoxy) is 1. The van der Waals surface area contributed by atoms with Gasteiger partial charge in [0.05, 0.1) is 25.6 Å². The Labute approximate surface area is 139 Å². The van der Waals surface area contributed by atoms with Gasteiger partial charge in [0.25, 0.3) is 0 Å². The highest BCUT2D eigenvalue weighted by Crippen LogP contribution is 2.23. The molecule has 2 saturated heterocycles. The van der Waals surface area contributed by atoms with Crippen molar-refractivity contribution >= 4 is 11.9 Å². The van der Waals surface area contributed by atoms with Crippen LogP contribution in [0.4, 0.5) is 4.39 Å². The molecule has 0 radical (unpaired) electrons. The summed E-state index contributed by atoms with van der Waals surface area (Å²) in [6.45, 7) is 2.68. The summed E-state index contributed by atoms with van der Waals surface area (Å²) in [6.07, 6.45) is 0.331. The molecule has 1 aromatic rings. The number of amides is 1. The first kappa shape index (κ1) is 16.9. The zero-order chi connectivity index (χ0) is 17.1. The number of aliphatic carboxylic acids is 1. The first-order valence-corrected chi connectivity index (χ1v) is 8.13. The van der Waals surface area contributed by atoms with Gasteiger partial charge in [-0.2, -0.15) is 0 Å². The van der Waals surface area contributed by atoms with Crippen LogP contribution < -0.4 is 0 Å². The summed E-state index contributed by atoms with van der Waals surface area (Å²) < 4.78 is 18.7. The second-order valence-electron chi connectivity index (χ2n) is 6.31. The van der Waals surface area contributed by atoms with Crippen LogP contribution in [0.2, 0.25) is 0 Å². The van der Waals surface area contributed by atoms with Crippen molar-refractivity contribution in [2.24, 2.45) is 5.92 Å². The van der Waals surface area contributed by atoms with Crippen molar-refractivity contribution in [1.82, 2.24) is 9.80 Å². The van der Waals surface area contributed by atoms with E-state index < -0.39 is 5.97 Å². The van der Waals surface area contributed by atoms with Gasteiger partial charge in [0.1, 0.15) is 11.9 Å². The summed E-state index contributed by atoms with van der Waals surface area (Å²) in [7, 11) is 0. The van der Waals surface area contributed by atoms with Crippen molar-refractivity contribution in [3.8, 4) is 0 Å². The summed E-state index contributed by atoms with van der Waals surface area (Å²) in [5, 5.41) is 9.03. The zero-order valence-corrected chi connectivity index (χ0v) is 13.4. The Bertz CT molecular complexity index is 607. The standard InChI is InChI=1S/C17H21FN2O4/c18-14-3-1-12(2-4-14)15-10-20(7-8-24-15)16(21)11-19-6-5-13(9-19)17(22)23/h1-4,13,15H,5-11H2,(H,22,23). The molecule has 2 aliphatic heterocycles. The summed E-state index contributed by atoms with van der Waals surface area (Å²) in [5.41, 5.74) is 0.848. The Morgan fingerprint density at radius 3 is 2.62 bits per heavy atom. The van der Waals surface area contributed by atoms with Crippen molar-refractivity contribution in [1.29, 1.82) is 0 Å². The van der Waals surface area contributed by atoms with Gasteiger partial charge in [-0.1, -0.05) is 12.1 Å². The van der Waals surface area contributed by atoms with E-state index in [0.29, 0.717) is 39.2 Å². The molecule has 24 heavy (non-hydrogen) atoms. The molecule has 0 aliphatic carbocycles. The predicted octanol–water partition coefficient (Wildman–Crippen LogP) is 1.13. The Hall–Kier alpha value is -1.99. The molecular formula is C17H21FN2O4. The topological polar surface area (TPSA) is 70.1 Å². The maximum atomic E-state index is 13.0. The Morgan fingerprint density at radius 1 is 1.21 bits per heavy atom. The molecule has 3 rings (SSSR count). The predicted molar refractivity (Wildman–Crippen MR) is 83.9 cm³/mol. The molecular weight excluding hydrogens is 315 g/mol. The fourth-order valence-corrected chi connectivity index (χ4v) is 3.22. The number of carboxylic acids is 1. The van der Waals surface area contributed by atoms with Gasteiger partial charge in [0, 0.05) is 13.1 Å². The van der Waals surface area contributed by atoms with E-state index in [9.17, 15) is 14.0 Å². The molecule has 0 saturated carbocycles. The molecule has 130 valence electrons. The van der Waals surface area contributed by atoms with Crippen LogP contribution in [0.3, 0.4) is 0 Å². The lowest BCUT2D eigenvalue weighted by Gasteiger charge is -2.34. The van der Waals surface area contributed by atoms with Crippen molar-refractivity contribution in [3.63, 3.8) is 0 Å². The fourth-order valence-electron chi connectivity index (χ4n) is 3.22. The highest BCUT2D eigenvalue weighted by molar-refractivity contribution is 5.78. The van der Waals surface area contributed by atoms with Gasteiger partial charge < -0.3 is 14.7 Å². The molecule has 0 bridgehead atoms. The minimum Gasteiger partial charge on any atom is -0.481 e. The molecule has 2 aliphatic rings. The van der Waals surface area contributed by atoms with E-state index in [0.717, 1.165) is 5.56 Å². The van der Waals surface area contributed by atoms with Gasteiger partial charge in [0.15, 0.2) is 0 Å². The SMILES string of the molecule is O=C(O)C1CCN(CC(=O)N2CCOC(c3ccc(F)cc3)C2)C1. The van der Waals surface area contributed by atoms with Crippen LogP contribution in [0.15, 0.2) is 24.3 Å². The summed E-state index contributed by atoms with van der Waals surface area (Å²) >= 11 is 0. The quantitative estimate of drug-likeness (QED) is 0.893. The summed E-state index contributed by atoms with van der Waals surface area (Å²) in [4.78, 5) is 27.1. The number of nitrogens with zero attached hydrogens (tertiary/aromatic N) is 2. The molecule has 7 heteroatoms. The van der Waals surface area contributed by atoms with Gasteiger partial charge in [-0.25, -0.2) is 4.39 Å². The van der Waals surface area contributed by atoms with Gasteiger partial charge in [-0.15, -0.1) is 0 Å². The van der Waals surface area contributed by atoms with Crippen molar-refractivity contribution < 1.29 is 23.8 Å². The van der Waals surface area contributed by atoms with Crippen LogP contribution >= 0.6 is 0 Å². The average Bonchev–Trinajstić information content (AvgIpc) is 3.04. The molecule has 1 aromatic carbocycles. The number of carbonyl (C=O) groups excluding carboxylic acids is 1. The van der Waals surface area contributed by atoms with Crippen LogP contribution in [-0.4, -0.2) is 66.1 Å². The Kier molecular flexibility index (Phi) is 5.11. The lowest BCUT2D eigenvalue weighted by Crippen LogP contribution is -2.46. The molecule has 1 N–H and O–H groups in total. The number of carboxylic acid groups (broad SMARTS) is 1. The van der Waals surface area contributed by atoms with Crippen LogP contribution in [0.25, 0.3) is 0 Å². The largest absolute Gasteiger partial charge is 0.481 e. The van der Waals surface area contributed by atoms with Gasteiger partial charge in [-0.05, 0) is 30.7 Å². The van der Waals surface area contributed by atoms with Gasteiger partial charge >= 0.3 is 5.97 Å². The minimum absolute atomic E-state index is 0.0172. The fraction of sp³-hybridized carbons (Fsp3) is 0.529. The Morgan fingerprint density at radius 2 is 1.96 bits per heavy atom. The van der Waals surface area contributed by atoms with Crippen LogP contribution in [0.5, 0.6) is 0 Å². The van der Waals surface area contributed by atoms with Gasteiger partial charge in [-0.3, -0.25) is 14.5 Å². The number of rotatable bonds is 4. The molecule has 0 spiro atoms. The van der Waals surface area contributed by atoms with E-state index in [-0.39, 0.29) is 30.3 Å². The van der Waals surface area contributed by atoms with E-state index in [2.05, 4.69) is 0 Å². The first-order chi connectivity index (χ1) is 11.5. The third-order valence-corrected chi connectivity index (χ3v) is 4.64. The lowest BCUT2D eigenvalue weighted by molar-refractivity contribution is -0.142. The maximum Gasteiger partial charge on any atom is 0.307 e. The number of likely N-dealkylation sites (tertiary alicyclic amines) is 1. The lowest BCUT2D eigenvalue weighted by atomic mass is 10.1. The van der Waals surface area contributed by atoms with Crippen molar-refractivity contribution in [2.45, 2.75) is 12.5 Å². The molecule has 1 amide bonds. The molecule has 6 nitrogen and oxygen atoms in total. The summed E-state index contributed by atoms with van der Waals surface area (Å²) in [5.74, 6) is -1.50. The zero-order valence-electron chi connectivity index (χ0n) is 13.4. The van der Waals surface area contributed by atoms with E-state index in [4.69, 9.17) is 9.84 Å². The van der Waals surface area contributed by atoms with Crippen LogP contribution in [0.1, 0.15) is 18.1 Å².